The van der Waals surface area contributed by atoms with Crippen LogP contribution in [0.1, 0.15) is 22.8 Å². The lowest BCUT2D eigenvalue weighted by Gasteiger charge is -2.19. The van der Waals surface area contributed by atoms with Gasteiger partial charge in [-0.1, -0.05) is 54.6 Å². The SMILES string of the molecule is NCc1cccc(C(O)C(O)CNC(=O)OCc2ccccc2)c1. The van der Waals surface area contributed by atoms with Crippen LogP contribution in [0.2, 0.25) is 0 Å². The molecule has 0 aliphatic carbocycles. The molecule has 2 unspecified atom stereocenters. The number of nitrogens with two attached hydrogens (primary N) is 1. The highest BCUT2D eigenvalue weighted by Crippen LogP contribution is 2.18. The van der Waals surface area contributed by atoms with Gasteiger partial charge in [0.05, 0.1) is 0 Å². The van der Waals surface area contributed by atoms with Crippen LogP contribution < -0.4 is 11.1 Å². The van der Waals surface area contributed by atoms with Crippen molar-refractivity contribution in [2.75, 3.05) is 6.54 Å². The van der Waals surface area contributed by atoms with Crippen LogP contribution in [0.3, 0.4) is 0 Å². The molecule has 6 heteroatoms. The van der Waals surface area contributed by atoms with Gasteiger partial charge in [-0.2, -0.15) is 0 Å². The van der Waals surface area contributed by atoms with Crippen LogP contribution in [0.5, 0.6) is 0 Å². The molecule has 0 bridgehead atoms. The van der Waals surface area contributed by atoms with Crippen LogP contribution in [-0.4, -0.2) is 29.0 Å². The van der Waals surface area contributed by atoms with Crippen molar-refractivity contribution in [3.8, 4) is 0 Å². The minimum absolute atomic E-state index is 0.123. The van der Waals surface area contributed by atoms with E-state index >= 15 is 0 Å². The maximum atomic E-state index is 11.6. The number of carbonyl (C=O) groups excluding carboxylic acids is 1. The molecule has 2 atom stereocenters. The molecule has 0 heterocycles. The fourth-order valence-corrected chi connectivity index (χ4v) is 2.20. The number of benzene rings is 2. The second-order valence-corrected chi connectivity index (χ2v) is 5.40. The Kier molecular flexibility index (Phi) is 6.74. The van der Waals surface area contributed by atoms with Crippen LogP contribution in [0.25, 0.3) is 0 Å². The Balaban J connectivity index is 1.79. The zero-order valence-corrected chi connectivity index (χ0v) is 13.3. The van der Waals surface area contributed by atoms with E-state index in [1.54, 1.807) is 18.2 Å². The minimum Gasteiger partial charge on any atom is -0.445 e. The van der Waals surface area contributed by atoms with Crippen LogP contribution in [0.4, 0.5) is 4.79 Å². The first-order valence-corrected chi connectivity index (χ1v) is 7.69. The first kappa shape index (κ1) is 17.9. The van der Waals surface area contributed by atoms with Gasteiger partial charge in [-0.15, -0.1) is 0 Å². The van der Waals surface area contributed by atoms with Gasteiger partial charge in [0.2, 0.25) is 0 Å². The van der Waals surface area contributed by atoms with Gasteiger partial charge in [0.25, 0.3) is 0 Å². The number of rotatable bonds is 7. The molecule has 0 aliphatic rings. The number of carbonyl (C=O) groups is 1. The molecule has 0 saturated heterocycles. The number of ether oxygens (including phenoxy) is 1. The van der Waals surface area contributed by atoms with Crippen molar-refractivity contribution in [2.45, 2.75) is 25.4 Å². The molecule has 0 saturated carbocycles. The van der Waals surface area contributed by atoms with Gasteiger partial charge in [-0.25, -0.2) is 4.79 Å². The Morgan fingerprint density at radius 3 is 2.50 bits per heavy atom. The number of aliphatic hydroxyl groups is 2. The highest BCUT2D eigenvalue weighted by Gasteiger charge is 2.19. The largest absolute Gasteiger partial charge is 0.445 e. The Labute approximate surface area is 140 Å². The zero-order valence-electron chi connectivity index (χ0n) is 13.3. The summed E-state index contributed by atoms with van der Waals surface area (Å²) in [5.74, 6) is 0. The quantitative estimate of drug-likeness (QED) is 0.615. The molecule has 0 radical (unpaired) electrons. The lowest BCUT2D eigenvalue weighted by molar-refractivity contribution is 0.0183. The van der Waals surface area contributed by atoms with E-state index in [0.717, 1.165) is 11.1 Å². The van der Waals surface area contributed by atoms with E-state index in [-0.39, 0.29) is 13.2 Å². The lowest BCUT2D eigenvalue weighted by Crippen LogP contribution is -2.35. The second-order valence-electron chi connectivity index (χ2n) is 5.40. The summed E-state index contributed by atoms with van der Waals surface area (Å²) in [6.45, 7) is 0.367. The van der Waals surface area contributed by atoms with Crippen molar-refractivity contribution in [1.29, 1.82) is 0 Å². The van der Waals surface area contributed by atoms with E-state index in [4.69, 9.17) is 10.5 Å². The van der Waals surface area contributed by atoms with E-state index in [1.165, 1.54) is 0 Å². The third-order valence-corrected chi connectivity index (χ3v) is 3.56. The smallest absolute Gasteiger partial charge is 0.407 e. The van der Waals surface area contributed by atoms with Crippen molar-refractivity contribution in [3.05, 3.63) is 71.3 Å². The molecule has 0 aromatic heterocycles. The Morgan fingerprint density at radius 1 is 1.08 bits per heavy atom. The average molecular weight is 330 g/mol. The summed E-state index contributed by atoms with van der Waals surface area (Å²) >= 11 is 0. The topological polar surface area (TPSA) is 105 Å². The second kappa shape index (κ2) is 9.02. The average Bonchev–Trinajstić information content (AvgIpc) is 2.64. The first-order chi connectivity index (χ1) is 11.6. The van der Waals surface area contributed by atoms with E-state index in [2.05, 4.69) is 5.32 Å². The van der Waals surface area contributed by atoms with Crippen LogP contribution in [0.15, 0.2) is 54.6 Å². The van der Waals surface area contributed by atoms with Gasteiger partial charge >= 0.3 is 6.09 Å². The standard InChI is InChI=1S/C18H22N2O4/c19-10-14-7-4-8-15(9-14)17(22)16(21)11-20-18(23)24-12-13-5-2-1-3-6-13/h1-9,16-17,21-22H,10-12,19H2,(H,20,23). The molecule has 2 rings (SSSR count). The van der Waals surface area contributed by atoms with Crippen LogP contribution >= 0.6 is 0 Å². The number of amides is 1. The number of hydrogen-bond donors (Lipinski definition) is 4. The van der Waals surface area contributed by atoms with Gasteiger partial charge in [0.1, 0.15) is 18.8 Å². The summed E-state index contributed by atoms with van der Waals surface area (Å²) in [7, 11) is 0. The fourth-order valence-electron chi connectivity index (χ4n) is 2.20. The van der Waals surface area contributed by atoms with Crippen molar-refractivity contribution in [1.82, 2.24) is 5.32 Å². The molecule has 1 amide bonds. The molecule has 0 spiro atoms. The monoisotopic (exact) mass is 330 g/mol. The summed E-state index contributed by atoms with van der Waals surface area (Å²) in [6, 6.07) is 16.3. The molecule has 2 aromatic carbocycles. The molecular weight excluding hydrogens is 308 g/mol. The Morgan fingerprint density at radius 2 is 1.79 bits per heavy atom. The molecule has 0 aliphatic heterocycles. The molecule has 5 N–H and O–H groups in total. The van der Waals surface area contributed by atoms with E-state index in [0.29, 0.717) is 12.1 Å². The number of nitrogens with one attached hydrogen (secondary N) is 1. The molecule has 2 aromatic rings. The summed E-state index contributed by atoms with van der Waals surface area (Å²) in [5, 5.41) is 22.6. The predicted octanol–water partition coefficient (Wildman–Crippen LogP) is 1.47. The highest BCUT2D eigenvalue weighted by atomic mass is 16.5. The molecule has 6 nitrogen and oxygen atoms in total. The molecular formula is C18H22N2O4. The maximum Gasteiger partial charge on any atom is 0.407 e. The van der Waals surface area contributed by atoms with Crippen molar-refractivity contribution < 1.29 is 19.7 Å². The summed E-state index contributed by atoms with van der Waals surface area (Å²) < 4.78 is 5.04. The van der Waals surface area contributed by atoms with E-state index in [1.807, 2.05) is 36.4 Å². The van der Waals surface area contributed by atoms with Crippen molar-refractivity contribution >= 4 is 6.09 Å². The zero-order chi connectivity index (χ0) is 17.4. The number of hydrogen-bond acceptors (Lipinski definition) is 5. The van der Waals surface area contributed by atoms with Crippen molar-refractivity contribution in [3.63, 3.8) is 0 Å². The van der Waals surface area contributed by atoms with Gasteiger partial charge in [-0.3, -0.25) is 0 Å². The highest BCUT2D eigenvalue weighted by molar-refractivity contribution is 5.67. The third-order valence-electron chi connectivity index (χ3n) is 3.56. The van der Waals surface area contributed by atoms with E-state index in [9.17, 15) is 15.0 Å². The van der Waals surface area contributed by atoms with Gasteiger partial charge < -0.3 is 26.0 Å². The lowest BCUT2D eigenvalue weighted by atomic mass is 10.0. The summed E-state index contributed by atoms with van der Waals surface area (Å²) in [5.41, 5.74) is 7.83. The Hall–Kier alpha value is -2.41. The number of aliphatic hydroxyl groups excluding tert-OH is 2. The molecule has 0 fully saturated rings. The summed E-state index contributed by atoms with van der Waals surface area (Å²) in [6.07, 6.45) is -2.92. The molecule has 128 valence electrons. The molecule has 24 heavy (non-hydrogen) atoms. The van der Waals surface area contributed by atoms with Gasteiger partial charge in [0.15, 0.2) is 0 Å². The van der Waals surface area contributed by atoms with E-state index < -0.39 is 18.3 Å². The minimum atomic E-state index is -1.15. The number of alkyl carbamates (subject to hydrolysis) is 1. The van der Waals surface area contributed by atoms with Gasteiger partial charge in [-0.05, 0) is 16.7 Å². The summed E-state index contributed by atoms with van der Waals surface area (Å²) in [4.78, 5) is 11.6. The van der Waals surface area contributed by atoms with Gasteiger partial charge in [0, 0.05) is 13.1 Å². The predicted molar refractivity (Wildman–Crippen MR) is 89.9 cm³/mol. The Bertz CT molecular complexity index is 648. The maximum absolute atomic E-state index is 11.6. The third kappa shape index (κ3) is 5.34. The van der Waals surface area contributed by atoms with Crippen LogP contribution in [-0.2, 0) is 17.9 Å². The van der Waals surface area contributed by atoms with Crippen LogP contribution in [0, 0.1) is 0 Å². The normalized spacial score (nSPS) is 13.1. The fraction of sp³-hybridized carbons (Fsp3) is 0.278. The van der Waals surface area contributed by atoms with Crippen molar-refractivity contribution in [2.24, 2.45) is 5.73 Å². The first-order valence-electron chi connectivity index (χ1n) is 7.69.